The Morgan fingerprint density at radius 2 is 2.11 bits per heavy atom. The van der Waals surface area contributed by atoms with Crippen molar-refractivity contribution in [3.63, 3.8) is 0 Å². The lowest BCUT2D eigenvalue weighted by Gasteiger charge is -2.32. The fraction of sp³-hybridized carbons (Fsp3) is 0.500. The summed E-state index contributed by atoms with van der Waals surface area (Å²) in [5.74, 6) is 0.171. The number of aryl methyl sites for hydroxylation is 1. The number of allylic oxidation sites excluding steroid dienone is 1. The first kappa shape index (κ1) is 12.1. The quantitative estimate of drug-likeness (QED) is 0.708. The highest BCUT2D eigenvalue weighted by atomic mass is 16.1. The molecule has 0 amide bonds. The van der Waals surface area contributed by atoms with Crippen molar-refractivity contribution < 1.29 is 4.79 Å². The van der Waals surface area contributed by atoms with E-state index >= 15 is 0 Å². The molecule has 0 saturated heterocycles. The molecule has 1 aromatic rings. The van der Waals surface area contributed by atoms with Gasteiger partial charge in [-0.25, -0.2) is 0 Å². The first-order valence-electron chi connectivity index (χ1n) is 6.50. The summed E-state index contributed by atoms with van der Waals surface area (Å²) in [5.41, 5.74) is 3.26. The standard InChI is InChI=1S/C14H18N4O/c1-9-8-17(3)16-12-10-7-15-18(4)11(10)5-6-14(12,2)13(9)19/h7-8H,5-6H2,1-4H3. The normalized spacial score (nSPS) is 26.3. The van der Waals surface area contributed by atoms with E-state index in [1.165, 1.54) is 0 Å². The van der Waals surface area contributed by atoms with Crippen molar-refractivity contribution in [2.75, 3.05) is 7.05 Å². The molecule has 1 aromatic heterocycles. The maximum Gasteiger partial charge on any atom is 0.172 e. The average molecular weight is 258 g/mol. The lowest BCUT2D eigenvalue weighted by Crippen LogP contribution is -2.41. The zero-order valence-electron chi connectivity index (χ0n) is 11.8. The lowest BCUT2D eigenvalue weighted by molar-refractivity contribution is -0.121. The molecule has 1 atom stereocenters. The summed E-state index contributed by atoms with van der Waals surface area (Å²) >= 11 is 0. The van der Waals surface area contributed by atoms with Gasteiger partial charge in [0.1, 0.15) is 0 Å². The molecule has 1 unspecified atom stereocenters. The Labute approximate surface area is 112 Å². The van der Waals surface area contributed by atoms with Gasteiger partial charge in [0, 0.05) is 37.1 Å². The fourth-order valence-corrected chi connectivity index (χ4v) is 3.09. The van der Waals surface area contributed by atoms with Gasteiger partial charge < -0.3 is 0 Å². The van der Waals surface area contributed by atoms with Crippen molar-refractivity contribution in [3.8, 4) is 0 Å². The minimum Gasteiger partial charge on any atom is -0.293 e. The van der Waals surface area contributed by atoms with Crippen molar-refractivity contribution in [3.05, 3.63) is 29.2 Å². The Morgan fingerprint density at radius 3 is 2.84 bits per heavy atom. The summed E-state index contributed by atoms with van der Waals surface area (Å²) in [5, 5.41) is 10.7. The number of nitrogens with zero attached hydrogens (tertiary/aromatic N) is 4. The van der Waals surface area contributed by atoms with Crippen LogP contribution in [0.3, 0.4) is 0 Å². The number of Topliss-reactive ketones (excluding diaryl/α,β-unsaturated/α-hetero) is 1. The van der Waals surface area contributed by atoms with Crippen LogP contribution in [-0.2, 0) is 18.3 Å². The third kappa shape index (κ3) is 1.57. The number of hydrazone groups is 1. The zero-order chi connectivity index (χ0) is 13.8. The molecule has 0 aromatic carbocycles. The van der Waals surface area contributed by atoms with Gasteiger partial charge in [0.25, 0.3) is 0 Å². The second-order valence-electron chi connectivity index (χ2n) is 5.62. The Balaban J connectivity index is 2.23. The van der Waals surface area contributed by atoms with Gasteiger partial charge in [-0.3, -0.25) is 14.5 Å². The van der Waals surface area contributed by atoms with Crippen LogP contribution in [0.15, 0.2) is 23.1 Å². The molecule has 2 heterocycles. The highest BCUT2D eigenvalue weighted by Crippen LogP contribution is 2.39. The molecule has 100 valence electrons. The van der Waals surface area contributed by atoms with Crippen LogP contribution in [-0.4, -0.2) is 33.3 Å². The Kier molecular flexibility index (Phi) is 2.42. The number of aromatic nitrogens is 2. The number of carbonyl (C=O) groups excluding carboxylic acids is 1. The van der Waals surface area contributed by atoms with Gasteiger partial charge in [0.05, 0.1) is 17.3 Å². The largest absolute Gasteiger partial charge is 0.293 e. The van der Waals surface area contributed by atoms with Gasteiger partial charge in [-0.2, -0.15) is 10.2 Å². The number of carbonyl (C=O) groups is 1. The Morgan fingerprint density at radius 1 is 1.37 bits per heavy atom. The van der Waals surface area contributed by atoms with Gasteiger partial charge in [-0.1, -0.05) is 0 Å². The van der Waals surface area contributed by atoms with Crippen LogP contribution in [0.1, 0.15) is 31.5 Å². The Bertz CT molecular complexity index is 625. The van der Waals surface area contributed by atoms with Gasteiger partial charge in [-0.15, -0.1) is 0 Å². The molecule has 0 N–H and O–H groups in total. The molecule has 1 aliphatic heterocycles. The maximum absolute atomic E-state index is 12.7. The minimum atomic E-state index is -0.526. The SMILES string of the molecule is CC1=CN(C)N=C2c3cnn(C)c3CCC2(C)C1=O. The second kappa shape index (κ2) is 3.79. The summed E-state index contributed by atoms with van der Waals surface area (Å²) in [7, 11) is 3.80. The zero-order valence-corrected chi connectivity index (χ0v) is 11.8. The summed E-state index contributed by atoms with van der Waals surface area (Å²) in [4.78, 5) is 12.7. The second-order valence-corrected chi connectivity index (χ2v) is 5.62. The molecule has 0 bridgehead atoms. The van der Waals surface area contributed by atoms with E-state index in [4.69, 9.17) is 0 Å². The Hall–Kier alpha value is -1.91. The van der Waals surface area contributed by atoms with E-state index < -0.39 is 5.41 Å². The maximum atomic E-state index is 12.7. The monoisotopic (exact) mass is 258 g/mol. The van der Waals surface area contributed by atoms with Crippen LogP contribution >= 0.6 is 0 Å². The summed E-state index contributed by atoms with van der Waals surface area (Å²) in [6.45, 7) is 3.86. The molecule has 2 aliphatic rings. The first-order chi connectivity index (χ1) is 8.93. The van der Waals surface area contributed by atoms with Gasteiger partial charge in [0.15, 0.2) is 5.78 Å². The number of fused-ring (bicyclic) bond motifs is 3. The third-order valence-electron chi connectivity index (χ3n) is 4.20. The van der Waals surface area contributed by atoms with Crippen molar-refractivity contribution in [2.24, 2.45) is 17.6 Å². The van der Waals surface area contributed by atoms with E-state index in [0.29, 0.717) is 0 Å². The number of hydrogen-bond acceptors (Lipinski definition) is 4. The number of hydrogen-bond donors (Lipinski definition) is 0. The predicted molar refractivity (Wildman–Crippen MR) is 72.7 cm³/mol. The molecule has 0 saturated carbocycles. The summed E-state index contributed by atoms with van der Waals surface area (Å²) < 4.78 is 1.88. The molecule has 19 heavy (non-hydrogen) atoms. The fourth-order valence-electron chi connectivity index (χ4n) is 3.09. The molecular formula is C14H18N4O. The first-order valence-corrected chi connectivity index (χ1v) is 6.50. The molecule has 0 fully saturated rings. The van der Waals surface area contributed by atoms with Crippen molar-refractivity contribution >= 4 is 11.5 Å². The molecule has 0 spiro atoms. The minimum absolute atomic E-state index is 0.171. The van der Waals surface area contributed by atoms with Crippen LogP contribution in [0.25, 0.3) is 0 Å². The van der Waals surface area contributed by atoms with Crippen LogP contribution < -0.4 is 0 Å². The van der Waals surface area contributed by atoms with Crippen LogP contribution in [0.5, 0.6) is 0 Å². The molecule has 5 heteroatoms. The number of ketones is 1. The van der Waals surface area contributed by atoms with Crippen molar-refractivity contribution in [1.29, 1.82) is 0 Å². The van der Waals surface area contributed by atoms with E-state index in [9.17, 15) is 4.79 Å². The highest BCUT2D eigenvalue weighted by Gasteiger charge is 2.45. The van der Waals surface area contributed by atoms with Crippen LogP contribution in [0.4, 0.5) is 0 Å². The summed E-state index contributed by atoms with van der Waals surface area (Å²) in [6.07, 6.45) is 5.28. The van der Waals surface area contributed by atoms with Gasteiger partial charge in [-0.05, 0) is 26.7 Å². The van der Waals surface area contributed by atoms with E-state index in [1.54, 1.807) is 11.2 Å². The molecular weight excluding hydrogens is 240 g/mol. The molecule has 0 radical (unpaired) electrons. The van der Waals surface area contributed by atoms with E-state index in [0.717, 1.165) is 35.4 Å². The third-order valence-corrected chi connectivity index (χ3v) is 4.20. The van der Waals surface area contributed by atoms with Crippen molar-refractivity contribution in [2.45, 2.75) is 26.7 Å². The van der Waals surface area contributed by atoms with Gasteiger partial charge in [0.2, 0.25) is 0 Å². The van der Waals surface area contributed by atoms with E-state index in [-0.39, 0.29) is 5.78 Å². The topological polar surface area (TPSA) is 50.5 Å². The number of rotatable bonds is 0. The van der Waals surface area contributed by atoms with Crippen LogP contribution in [0.2, 0.25) is 0 Å². The summed E-state index contributed by atoms with van der Waals surface area (Å²) in [6, 6.07) is 0. The molecule has 1 aliphatic carbocycles. The van der Waals surface area contributed by atoms with Crippen LogP contribution in [0, 0.1) is 5.41 Å². The highest BCUT2D eigenvalue weighted by molar-refractivity contribution is 6.22. The van der Waals surface area contributed by atoms with E-state index in [1.807, 2.05) is 38.8 Å². The molecule has 3 rings (SSSR count). The smallest absolute Gasteiger partial charge is 0.172 e. The van der Waals surface area contributed by atoms with E-state index in [2.05, 4.69) is 10.2 Å². The van der Waals surface area contributed by atoms with Gasteiger partial charge >= 0.3 is 0 Å². The molecule has 5 nitrogen and oxygen atoms in total. The average Bonchev–Trinajstić information content (AvgIpc) is 2.70. The predicted octanol–water partition coefficient (Wildman–Crippen LogP) is 1.50. The lowest BCUT2D eigenvalue weighted by atomic mass is 9.69. The van der Waals surface area contributed by atoms with Crippen molar-refractivity contribution in [1.82, 2.24) is 14.8 Å².